The van der Waals surface area contributed by atoms with Gasteiger partial charge >= 0.3 is 0 Å². The van der Waals surface area contributed by atoms with E-state index in [0.29, 0.717) is 12.5 Å². The molecule has 5 rings (SSSR count). The van der Waals surface area contributed by atoms with Crippen LogP contribution in [0, 0.1) is 11.8 Å². The number of carbonyl (C=O) groups excluding carboxylic acids is 1. The first-order valence-electron chi connectivity index (χ1n) is 13.8. The third-order valence-electron chi connectivity index (χ3n) is 8.86. The zero-order valence-corrected chi connectivity index (χ0v) is 20.5. The summed E-state index contributed by atoms with van der Waals surface area (Å²) in [6.07, 6.45) is 11.0. The van der Waals surface area contributed by atoms with Gasteiger partial charge in [0.15, 0.2) is 0 Å². The molecule has 182 valence electrons. The number of rotatable bonds is 9. The minimum Gasteiger partial charge on any atom is -0.355 e. The van der Waals surface area contributed by atoms with E-state index in [4.69, 9.17) is 0 Å². The van der Waals surface area contributed by atoms with Gasteiger partial charge in [0.1, 0.15) is 0 Å². The van der Waals surface area contributed by atoms with Crippen LogP contribution in [0.25, 0.3) is 0 Å². The van der Waals surface area contributed by atoms with E-state index in [9.17, 15) is 4.79 Å². The smallest absolute Gasteiger partial charge is 0.220 e. The molecule has 5 nitrogen and oxygen atoms in total. The molecule has 0 bridgehead atoms. The average Bonchev–Trinajstić information content (AvgIpc) is 3.35. The predicted molar refractivity (Wildman–Crippen MR) is 134 cm³/mol. The molecule has 4 aliphatic rings. The minimum absolute atomic E-state index is 0.250. The van der Waals surface area contributed by atoms with E-state index in [1.165, 1.54) is 76.8 Å². The molecule has 1 aromatic rings. The fraction of sp³-hybridized carbons (Fsp3) is 0.750. The van der Waals surface area contributed by atoms with Crippen molar-refractivity contribution < 1.29 is 4.79 Å². The number of hydrogen-bond donors (Lipinski definition) is 1. The summed E-state index contributed by atoms with van der Waals surface area (Å²) in [6, 6.07) is 12.4. The van der Waals surface area contributed by atoms with Crippen LogP contribution < -0.4 is 5.32 Å². The minimum atomic E-state index is 0.250. The number of nitrogens with one attached hydrogen (secondary N) is 1. The van der Waals surface area contributed by atoms with Crippen LogP contribution in [-0.2, 0) is 11.3 Å². The Hall–Kier alpha value is -1.43. The molecule has 4 saturated heterocycles. The number of likely N-dealkylation sites (tertiary alicyclic amines) is 2. The van der Waals surface area contributed by atoms with Crippen molar-refractivity contribution in [3.8, 4) is 0 Å². The summed E-state index contributed by atoms with van der Waals surface area (Å²) in [5.74, 6) is 1.86. The summed E-state index contributed by atoms with van der Waals surface area (Å²) in [5, 5.41) is 3.18. The van der Waals surface area contributed by atoms with Gasteiger partial charge in [0.25, 0.3) is 0 Å². The molecule has 4 aliphatic heterocycles. The van der Waals surface area contributed by atoms with Crippen molar-refractivity contribution in [2.24, 2.45) is 11.8 Å². The number of carbonyl (C=O) groups is 1. The molecule has 5 heteroatoms. The summed E-state index contributed by atoms with van der Waals surface area (Å²) in [4.78, 5) is 20.6. The zero-order chi connectivity index (χ0) is 22.5. The van der Waals surface area contributed by atoms with Gasteiger partial charge in [0, 0.05) is 44.7 Å². The SMILES string of the molecule is O=C(CCC[C@@H]1[C@H]2CCCN3CCC[C@@H](CN1Cc1ccccc1)[C@@H]23)NCCN1CCCC1. The second-order valence-corrected chi connectivity index (χ2v) is 11.0. The summed E-state index contributed by atoms with van der Waals surface area (Å²) in [5.41, 5.74) is 1.43. The van der Waals surface area contributed by atoms with Crippen LogP contribution >= 0.6 is 0 Å². The third kappa shape index (κ3) is 5.80. The molecule has 4 atom stereocenters. The van der Waals surface area contributed by atoms with Crippen LogP contribution in [0.15, 0.2) is 30.3 Å². The van der Waals surface area contributed by atoms with Gasteiger partial charge in [-0.3, -0.25) is 14.6 Å². The predicted octanol–water partition coefficient (Wildman–Crippen LogP) is 3.74. The van der Waals surface area contributed by atoms with E-state index < -0.39 is 0 Å². The fourth-order valence-electron chi connectivity index (χ4n) is 7.40. The first-order chi connectivity index (χ1) is 16.3. The van der Waals surface area contributed by atoms with Crippen molar-refractivity contribution >= 4 is 5.91 Å². The lowest BCUT2D eigenvalue weighted by Crippen LogP contribution is -2.64. The number of amides is 1. The van der Waals surface area contributed by atoms with E-state index in [2.05, 4.69) is 50.3 Å². The van der Waals surface area contributed by atoms with Crippen molar-refractivity contribution in [2.45, 2.75) is 76.4 Å². The van der Waals surface area contributed by atoms with Crippen LogP contribution in [0.4, 0.5) is 0 Å². The Balaban J connectivity index is 1.18. The van der Waals surface area contributed by atoms with E-state index in [1.807, 2.05) is 0 Å². The Morgan fingerprint density at radius 1 is 0.970 bits per heavy atom. The van der Waals surface area contributed by atoms with Crippen LogP contribution in [-0.4, -0.2) is 78.5 Å². The number of benzene rings is 1. The van der Waals surface area contributed by atoms with Gasteiger partial charge in [0.2, 0.25) is 5.91 Å². The van der Waals surface area contributed by atoms with Crippen LogP contribution in [0.5, 0.6) is 0 Å². The summed E-state index contributed by atoms with van der Waals surface area (Å²) in [6.45, 7) is 9.15. The van der Waals surface area contributed by atoms with Gasteiger partial charge in [-0.2, -0.15) is 0 Å². The van der Waals surface area contributed by atoms with Crippen LogP contribution in [0.3, 0.4) is 0 Å². The molecule has 0 aliphatic carbocycles. The molecule has 0 radical (unpaired) electrons. The highest BCUT2D eigenvalue weighted by Gasteiger charge is 2.48. The monoisotopic (exact) mass is 452 g/mol. The molecule has 33 heavy (non-hydrogen) atoms. The Labute approximate surface area is 200 Å². The topological polar surface area (TPSA) is 38.8 Å². The molecule has 4 fully saturated rings. The molecule has 4 heterocycles. The maximum atomic E-state index is 12.5. The largest absolute Gasteiger partial charge is 0.355 e. The molecule has 0 spiro atoms. The molecule has 1 N–H and O–H groups in total. The second kappa shape index (κ2) is 11.3. The molecule has 0 aromatic heterocycles. The second-order valence-electron chi connectivity index (χ2n) is 11.0. The van der Waals surface area contributed by atoms with Gasteiger partial charge in [0.05, 0.1) is 0 Å². The first-order valence-corrected chi connectivity index (χ1v) is 13.8. The molecular formula is C28H44N4O. The van der Waals surface area contributed by atoms with Crippen LogP contribution in [0.1, 0.15) is 63.4 Å². The normalized spacial score (nSPS) is 30.8. The molecule has 1 aromatic carbocycles. The highest BCUT2D eigenvalue weighted by Crippen LogP contribution is 2.43. The van der Waals surface area contributed by atoms with Crippen molar-refractivity contribution in [3.05, 3.63) is 35.9 Å². The van der Waals surface area contributed by atoms with Gasteiger partial charge in [-0.25, -0.2) is 0 Å². The first kappa shape index (κ1) is 23.3. The number of nitrogens with zero attached hydrogens (tertiary/aromatic N) is 3. The fourth-order valence-corrected chi connectivity index (χ4v) is 7.40. The summed E-state index contributed by atoms with van der Waals surface area (Å²) >= 11 is 0. The van der Waals surface area contributed by atoms with Crippen molar-refractivity contribution in [1.82, 2.24) is 20.0 Å². The third-order valence-corrected chi connectivity index (χ3v) is 8.86. The Kier molecular flexibility index (Phi) is 8.01. The van der Waals surface area contributed by atoms with Gasteiger partial charge in [-0.05, 0) is 94.9 Å². The molecular weight excluding hydrogens is 408 g/mol. The van der Waals surface area contributed by atoms with E-state index in [0.717, 1.165) is 50.4 Å². The average molecular weight is 453 g/mol. The van der Waals surface area contributed by atoms with Gasteiger partial charge in [-0.15, -0.1) is 0 Å². The molecule has 0 unspecified atom stereocenters. The maximum absolute atomic E-state index is 12.5. The standard InChI is InChI=1S/C28H44N4O/c33-27(29-15-20-30-16-4-5-17-30)14-6-13-26-25-12-8-19-31-18-7-11-24(28(25)31)22-32(26)21-23-9-2-1-3-10-23/h1-3,9-10,24-26,28H,4-8,11-22H2,(H,29,33)/t24-,25+,26+,28-/m0/s1. The van der Waals surface area contributed by atoms with Gasteiger partial charge < -0.3 is 10.2 Å². The van der Waals surface area contributed by atoms with E-state index in [1.54, 1.807) is 0 Å². The molecule has 0 saturated carbocycles. The highest BCUT2D eigenvalue weighted by atomic mass is 16.1. The van der Waals surface area contributed by atoms with Crippen molar-refractivity contribution in [2.75, 3.05) is 45.8 Å². The number of hydrogen-bond acceptors (Lipinski definition) is 4. The summed E-state index contributed by atoms with van der Waals surface area (Å²) < 4.78 is 0. The Bertz CT molecular complexity index is 748. The Morgan fingerprint density at radius 3 is 2.58 bits per heavy atom. The van der Waals surface area contributed by atoms with E-state index in [-0.39, 0.29) is 5.91 Å². The highest BCUT2D eigenvalue weighted by molar-refractivity contribution is 5.75. The molecule has 1 amide bonds. The zero-order valence-electron chi connectivity index (χ0n) is 20.5. The summed E-state index contributed by atoms with van der Waals surface area (Å²) in [7, 11) is 0. The lowest BCUT2D eigenvalue weighted by Gasteiger charge is -2.57. The van der Waals surface area contributed by atoms with Crippen LogP contribution in [0.2, 0.25) is 0 Å². The lowest BCUT2D eigenvalue weighted by atomic mass is 9.69. The number of piperidine rings is 3. The van der Waals surface area contributed by atoms with Crippen molar-refractivity contribution in [1.29, 1.82) is 0 Å². The van der Waals surface area contributed by atoms with E-state index >= 15 is 0 Å². The quantitative estimate of drug-likeness (QED) is 0.619. The lowest BCUT2D eigenvalue weighted by molar-refractivity contribution is -0.121. The van der Waals surface area contributed by atoms with Crippen molar-refractivity contribution in [3.63, 3.8) is 0 Å². The Morgan fingerprint density at radius 2 is 1.76 bits per heavy atom. The van der Waals surface area contributed by atoms with Gasteiger partial charge in [-0.1, -0.05) is 30.3 Å². The maximum Gasteiger partial charge on any atom is 0.220 e.